The third-order valence-electron chi connectivity index (χ3n) is 4.44. The zero-order valence-corrected chi connectivity index (χ0v) is 13.6. The first-order valence-electron chi connectivity index (χ1n) is 9.14. The third kappa shape index (κ3) is 9.77. The SMILES string of the molecule is CCCCCCCCCCCCCC[C@@H]1O[C@H]1CCO. The maximum Gasteiger partial charge on any atom is 0.0863 e. The molecule has 0 unspecified atom stereocenters. The summed E-state index contributed by atoms with van der Waals surface area (Å²) in [6.45, 7) is 2.56. The quantitative estimate of drug-likeness (QED) is 0.330. The van der Waals surface area contributed by atoms with Crippen molar-refractivity contribution in [2.75, 3.05) is 6.61 Å². The van der Waals surface area contributed by atoms with E-state index in [0.29, 0.717) is 12.2 Å². The fraction of sp³-hybridized carbons (Fsp3) is 1.00. The molecule has 0 aliphatic carbocycles. The molecule has 0 aromatic carbocycles. The van der Waals surface area contributed by atoms with E-state index in [1.165, 1.54) is 83.5 Å². The van der Waals surface area contributed by atoms with Crippen molar-refractivity contribution in [1.29, 1.82) is 0 Å². The molecule has 0 amide bonds. The van der Waals surface area contributed by atoms with Gasteiger partial charge in [0.25, 0.3) is 0 Å². The van der Waals surface area contributed by atoms with Crippen LogP contribution in [0.3, 0.4) is 0 Å². The number of ether oxygens (including phenoxy) is 1. The minimum Gasteiger partial charge on any atom is -0.396 e. The van der Waals surface area contributed by atoms with E-state index in [2.05, 4.69) is 6.92 Å². The smallest absolute Gasteiger partial charge is 0.0863 e. The summed E-state index contributed by atoms with van der Waals surface area (Å²) in [7, 11) is 0. The Kier molecular flexibility index (Phi) is 11.4. The molecule has 0 bridgehead atoms. The largest absolute Gasteiger partial charge is 0.396 e. The molecule has 1 saturated heterocycles. The van der Waals surface area contributed by atoms with Crippen molar-refractivity contribution in [2.24, 2.45) is 0 Å². The Hall–Kier alpha value is -0.0800. The van der Waals surface area contributed by atoms with Gasteiger partial charge in [-0.1, -0.05) is 84.0 Å². The lowest BCUT2D eigenvalue weighted by molar-refractivity contribution is 0.262. The van der Waals surface area contributed by atoms with Crippen molar-refractivity contribution in [1.82, 2.24) is 0 Å². The van der Waals surface area contributed by atoms with Crippen LogP contribution in [0, 0.1) is 0 Å². The van der Waals surface area contributed by atoms with Gasteiger partial charge in [-0.05, 0) is 12.8 Å². The molecule has 1 heterocycles. The number of aliphatic hydroxyl groups is 1. The average Bonchev–Trinajstić information content (AvgIpc) is 3.19. The fourth-order valence-electron chi connectivity index (χ4n) is 3.00. The maximum atomic E-state index is 8.79. The maximum absolute atomic E-state index is 8.79. The molecule has 1 aliphatic rings. The molecule has 1 N–H and O–H groups in total. The van der Waals surface area contributed by atoms with Crippen molar-refractivity contribution >= 4 is 0 Å². The van der Waals surface area contributed by atoms with Crippen LogP contribution in [-0.4, -0.2) is 23.9 Å². The number of epoxide rings is 1. The summed E-state index contributed by atoms with van der Waals surface area (Å²) in [4.78, 5) is 0. The van der Waals surface area contributed by atoms with Crippen LogP contribution in [0.4, 0.5) is 0 Å². The normalized spacial score (nSPS) is 21.3. The van der Waals surface area contributed by atoms with Crippen LogP contribution >= 0.6 is 0 Å². The Morgan fingerprint density at radius 3 is 1.60 bits per heavy atom. The Bertz CT molecular complexity index is 206. The Morgan fingerprint density at radius 1 is 0.650 bits per heavy atom. The van der Waals surface area contributed by atoms with Gasteiger partial charge >= 0.3 is 0 Å². The van der Waals surface area contributed by atoms with Crippen molar-refractivity contribution < 1.29 is 9.84 Å². The predicted octanol–water partition coefficient (Wildman–Crippen LogP) is 5.23. The molecule has 0 radical (unpaired) electrons. The molecule has 1 rings (SSSR count). The van der Waals surface area contributed by atoms with Gasteiger partial charge in [0.2, 0.25) is 0 Å². The van der Waals surface area contributed by atoms with Gasteiger partial charge in [0.05, 0.1) is 12.2 Å². The monoisotopic (exact) mass is 284 g/mol. The second-order valence-electron chi connectivity index (χ2n) is 6.40. The van der Waals surface area contributed by atoms with Gasteiger partial charge in [0, 0.05) is 6.61 Å². The first-order valence-corrected chi connectivity index (χ1v) is 9.14. The van der Waals surface area contributed by atoms with Crippen molar-refractivity contribution in [3.05, 3.63) is 0 Å². The minimum absolute atomic E-state index is 0.277. The Labute approximate surface area is 126 Å². The number of hydrogen-bond donors (Lipinski definition) is 1. The molecule has 1 aliphatic heterocycles. The highest BCUT2D eigenvalue weighted by molar-refractivity contribution is 4.83. The van der Waals surface area contributed by atoms with Crippen molar-refractivity contribution in [3.8, 4) is 0 Å². The Morgan fingerprint density at radius 2 is 1.10 bits per heavy atom. The first kappa shape index (κ1) is 18.0. The molecule has 2 heteroatoms. The van der Waals surface area contributed by atoms with Crippen LogP contribution < -0.4 is 0 Å². The topological polar surface area (TPSA) is 32.8 Å². The lowest BCUT2D eigenvalue weighted by Gasteiger charge is -2.02. The number of unbranched alkanes of at least 4 members (excludes halogenated alkanes) is 11. The van der Waals surface area contributed by atoms with E-state index in [4.69, 9.17) is 9.84 Å². The molecular weight excluding hydrogens is 248 g/mol. The summed E-state index contributed by atoms with van der Waals surface area (Å²) in [6.07, 6.45) is 19.8. The molecule has 0 aromatic heterocycles. The van der Waals surface area contributed by atoms with Crippen molar-refractivity contribution in [2.45, 2.75) is 109 Å². The number of rotatable bonds is 15. The molecule has 1 fully saturated rings. The van der Waals surface area contributed by atoms with Crippen molar-refractivity contribution in [3.63, 3.8) is 0 Å². The summed E-state index contributed by atoms with van der Waals surface area (Å²) in [5.74, 6) is 0. The zero-order valence-electron chi connectivity index (χ0n) is 13.6. The van der Waals surface area contributed by atoms with E-state index in [-0.39, 0.29) is 6.61 Å². The van der Waals surface area contributed by atoms with Gasteiger partial charge in [-0.15, -0.1) is 0 Å². The highest BCUT2D eigenvalue weighted by Crippen LogP contribution is 2.29. The molecule has 2 atom stereocenters. The molecule has 120 valence electrons. The second-order valence-corrected chi connectivity index (χ2v) is 6.40. The van der Waals surface area contributed by atoms with E-state index in [0.717, 1.165) is 6.42 Å². The Balaban J connectivity index is 1.67. The van der Waals surface area contributed by atoms with Gasteiger partial charge in [0.1, 0.15) is 0 Å². The van der Waals surface area contributed by atoms with E-state index in [9.17, 15) is 0 Å². The average molecular weight is 284 g/mol. The lowest BCUT2D eigenvalue weighted by atomic mass is 10.0. The van der Waals surface area contributed by atoms with Crippen LogP contribution in [0.15, 0.2) is 0 Å². The standard InChI is InChI=1S/C18H36O2/c1-2-3-4-5-6-7-8-9-10-11-12-13-14-17-18(20-17)15-16-19/h17-19H,2-16H2,1H3/t17-,18-/m0/s1. The molecule has 0 spiro atoms. The van der Waals surface area contributed by atoms with E-state index in [1.54, 1.807) is 0 Å². The highest BCUT2D eigenvalue weighted by Gasteiger charge is 2.36. The van der Waals surface area contributed by atoms with Gasteiger partial charge in [0.15, 0.2) is 0 Å². The van der Waals surface area contributed by atoms with E-state index < -0.39 is 0 Å². The van der Waals surface area contributed by atoms with E-state index in [1.807, 2.05) is 0 Å². The summed E-state index contributed by atoms with van der Waals surface area (Å²) in [6, 6.07) is 0. The van der Waals surface area contributed by atoms with Crippen LogP contribution in [-0.2, 0) is 4.74 Å². The number of hydrogen-bond acceptors (Lipinski definition) is 2. The van der Waals surface area contributed by atoms with Gasteiger partial charge in [-0.2, -0.15) is 0 Å². The summed E-state index contributed by atoms with van der Waals surface area (Å²) < 4.78 is 5.50. The second kappa shape index (κ2) is 12.6. The molecule has 0 saturated carbocycles. The summed E-state index contributed by atoms with van der Waals surface area (Å²) in [5, 5.41) is 8.79. The molecule has 0 aromatic rings. The highest BCUT2D eigenvalue weighted by atomic mass is 16.6. The lowest BCUT2D eigenvalue weighted by Crippen LogP contribution is -1.96. The third-order valence-corrected chi connectivity index (χ3v) is 4.44. The molecule has 20 heavy (non-hydrogen) atoms. The molecular formula is C18H36O2. The molecule has 2 nitrogen and oxygen atoms in total. The van der Waals surface area contributed by atoms with Crippen LogP contribution in [0.1, 0.15) is 96.8 Å². The van der Waals surface area contributed by atoms with Gasteiger partial charge in [-0.3, -0.25) is 0 Å². The predicted molar refractivity (Wildman–Crippen MR) is 86.1 cm³/mol. The van der Waals surface area contributed by atoms with Crippen LogP contribution in [0.2, 0.25) is 0 Å². The number of aliphatic hydroxyl groups excluding tert-OH is 1. The fourth-order valence-corrected chi connectivity index (χ4v) is 3.00. The summed E-state index contributed by atoms with van der Waals surface area (Å²) >= 11 is 0. The van der Waals surface area contributed by atoms with Gasteiger partial charge in [-0.25, -0.2) is 0 Å². The zero-order chi connectivity index (χ0) is 14.5. The minimum atomic E-state index is 0.277. The first-order chi connectivity index (χ1) is 9.88. The van der Waals surface area contributed by atoms with Crippen LogP contribution in [0.25, 0.3) is 0 Å². The van der Waals surface area contributed by atoms with E-state index >= 15 is 0 Å². The summed E-state index contributed by atoms with van der Waals surface area (Å²) in [5.41, 5.74) is 0. The van der Waals surface area contributed by atoms with Gasteiger partial charge < -0.3 is 9.84 Å². The van der Waals surface area contributed by atoms with Crippen LogP contribution in [0.5, 0.6) is 0 Å².